The van der Waals surface area contributed by atoms with E-state index in [0.717, 1.165) is 0 Å². The van der Waals surface area contributed by atoms with Crippen LogP contribution >= 0.6 is 50.7 Å². The number of nitro benzene ring substituents is 1. The molecule has 0 radical (unpaired) electrons. The number of nitrogens with zero attached hydrogens (tertiary/aromatic N) is 1. The van der Waals surface area contributed by atoms with E-state index in [1.165, 1.54) is 12.1 Å². The highest BCUT2D eigenvalue weighted by Gasteiger charge is 2.12. The number of non-ortho nitro benzene ring substituents is 1. The fraction of sp³-hybridized carbons (Fsp3) is 0.0769. The van der Waals surface area contributed by atoms with Crippen molar-refractivity contribution in [1.82, 2.24) is 0 Å². The summed E-state index contributed by atoms with van der Waals surface area (Å²) >= 11 is 21.4. The van der Waals surface area contributed by atoms with Gasteiger partial charge in [0, 0.05) is 39.4 Å². The zero-order valence-corrected chi connectivity index (χ0v) is 14.2. The highest BCUT2D eigenvalue weighted by Crippen LogP contribution is 2.33. The zero-order valence-electron chi connectivity index (χ0n) is 10.4. The number of nitro groups is 1. The lowest BCUT2D eigenvalue weighted by molar-refractivity contribution is -0.384. The van der Waals surface area contributed by atoms with Crippen LogP contribution in [0.25, 0.3) is 0 Å². The lowest BCUT2D eigenvalue weighted by Gasteiger charge is -2.12. The van der Waals surface area contributed by atoms with E-state index in [9.17, 15) is 10.1 Å². The minimum atomic E-state index is -0.459. The average Bonchev–Trinajstić information content (AvgIpc) is 2.44. The first kappa shape index (κ1) is 16.4. The van der Waals surface area contributed by atoms with E-state index in [1.54, 1.807) is 18.2 Å². The minimum Gasteiger partial charge on any atom is -0.380 e. The van der Waals surface area contributed by atoms with Crippen LogP contribution in [-0.2, 0) is 6.54 Å². The Hall–Kier alpha value is -1.01. The third kappa shape index (κ3) is 3.80. The van der Waals surface area contributed by atoms with Gasteiger partial charge in [0.1, 0.15) is 0 Å². The molecule has 2 aromatic rings. The summed E-state index contributed by atoms with van der Waals surface area (Å²) < 4.78 is 0.575. The Kier molecular flexibility index (Phi) is 5.32. The van der Waals surface area contributed by atoms with Gasteiger partial charge < -0.3 is 5.32 Å². The molecule has 0 aliphatic rings. The monoisotopic (exact) mass is 408 g/mol. The summed E-state index contributed by atoms with van der Waals surface area (Å²) in [6, 6.07) is 7.72. The molecule has 0 amide bonds. The van der Waals surface area contributed by atoms with Crippen LogP contribution in [0.2, 0.25) is 15.1 Å². The molecule has 0 atom stereocenters. The van der Waals surface area contributed by atoms with E-state index in [2.05, 4.69) is 21.2 Å². The molecule has 4 nitrogen and oxygen atoms in total. The third-order valence-electron chi connectivity index (χ3n) is 2.76. The molecular weight excluding hydrogens is 402 g/mol. The number of hydrogen-bond donors (Lipinski definition) is 1. The summed E-state index contributed by atoms with van der Waals surface area (Å²) in [6.07, 6.45) is 0. The third-order valence-corrected chi connectivity index (χ3v) is 4.61. The molecule has 0 spiro atoms. The standard InChI is InChI=1S/C13H8BrCl3N2O2/c14-9-5-7(19(20)21)1-4-12(9)18-6-8-10(15)2-3-11(16)13(8)17/h1-5,18H,6H2. The van der Waals surface area contributed by atoms with Crippen molar-refractivity contribution in [2.24, 2.45) is 0 Å². The number of anilines is 1. The molecule has 2 aromatic carbocycles. The Labute approximate surface area is 144 Å². The topological polar surface area (TPSA) is 55.2 Å². The summed E-state index contributed by atoms with van der Waals surface area (Å²) in [5, 5.41) is 15.1. The summed E-state index contributed by atoms with van der Waals surface area (Å²) in [6.45, 7) is 0.342. The molecule has 0 aliphatic carbocycles. The van der Waals surface area contributed by atoms with E-state index in [0.29, 0.717) is 37.3 Å². The van der Waals surface area contributed by atoms with Crippen LogP contribution in [0, 0.1) is 10.1 Å². The highest BCUT2D eigenvalue weighted by molar-refractivity contribution is 9.10. The molecule has 0 aromatic heterocycles. The number of nitrogens with one attached hydrogen (secondary N) is 1. The molecule has 2 rings (SSSR count). The van der Waals surface area contributed by atoms with Gasteiger partial charge in [-0.3, -0.25) is 10.1 Å². The Morgan fingerprint density at radius 3 is 2.43 bits per heavy atom. The second-order valence-corrected chi connectivity index (χ2v) is 6.14. The Balaban J connectivity index is 2.21. The van der Waals surface area contributed by atoms with Crippen LogP contribution in [0.5, 0.6) is 0 Å². The van der Waals surface area contributed by atoms with Crippen LogP contribution in [0.3, 0.4) is 0 Å². The van der Waals surface area contributed by atoms with E-state index >= 15 is 0 Å². The lowest BCUT2D eigenvalue weighted by Crippen LogP contribution is -2.02. The SMILES string of the molecule is O=[N+]([O-])c1ccc(NCc2c(Cl)ccc(Cl)c2Cl)c(Br)c1. The maximum absolute atomic E-state index is 10.7. The summed E-state index contributed by atoms with van der Waals surface area (Å²) in [5.74, 6) is 0. The van der Waals surface area contributed by atoms with Crippen LogP contribution in [-0.4, -0.2) is 4.92 Å². The Morgan fingerprint density at radius 2 is 1.81 bits per heavy atom. The fourth-order valence-electron chi connectivity index (χ4n) is 1.68. The molecule has 0 saturated heterocycles. The summed E-state index contributed by atoms with van der Waals surface area (Å²) in [5.41, 5.74) is 1.36. The van der Waals surface area contributed by atoms with E-state index in [1.807, 2.05) is 0 Å². The van der Waals surface area contributed by atoms with Crippen LogP contribution in [0.15, 0.2) is 34.8 Å². The van der Waals surface area contributed by atoms with Gasteiger partial charge in [0.2, 0.25) is 0 Å². The van der Waals surface area contributed by atoms with Crippen LogP contribution in [0.4, 0.5) is 11.4 Å². The molecule has 0 fully saturated rings. The number of benzene rings is 2. The molecule has 0 saturated carbocycles. The van der Waals surface area contributed by atoms with Crippen LogP contribution < -0.4 is 5.32 Å². The Morgan fingerprint density at radius 1 is 1.14 bits per heavy atom. The second kappa shape index (κ2) is 6.83. The number of rotatable bonds is 4. The highest BCUT2D eigenvalue weighted by atomic mass is 79.9. The van der Waals surface area contributed by atoms with Gasteiger partial charge in [-0.05, 0) is 34.1 Å². The van der Waals surface area contributed by atoms with Gasteiger partial charge in [0.05, 0.1) is 15.0 Å². The molecule has 110 valence electrons. The van der Waals surface area contributed by atoms with Gasteiger partial charge in [-0.25, -0.2) is 0 Å². The zero-order chi connectivity index (χ0) is 15.6. The fourth-order valence-corrected chi connectivity index (χ4v) is 2.86. The quantitative estimate of drug-likeness (QED) is 0.386. The van der Waals surface area contributed by atoms with E-state index < -0.39 is 4.92 Å². The lowest BCUT2D eigenvalue weighted by atomic mass is 10.2. The molecule has 0 unspecified atom stereocenters. The van der Waals surface area contributed by atoms with E-state index in [4.69, 9.17) is 34.8 Å². The minimum absolute atomic E-state index is 0.00578. The Bertz CT molecular complexity index is 710. The average molecular weight is 410 g/mol. The first-order valence-electron chi connectivity index (χ1n) is 5.70. The van der Waals surface area contributed by atoms with Gasteiger partial charge in [-0.1, -0.05) is 34.8 Å². The maximum atomic E-state index is 10.7. The molecule has 21 heavy (non-hydrogen) atoms. The number of halogens is 4. The molecule has 8 heteroatoms. The predicted molar refractivity (Wildman–Crippen MR) is 89.6 cm³/mol. The molecule has 0 aliphatic heterocycles. The molecular formula is C13H8BrCl3N2O2. The van der Waals surface area contributed by atoms with Crippen molar-refractivity contribution in [3.8, 4) is 0 Å². The van der Waals surface area contributed by atoms with Crippen molar-refractivity contribution < 1.29 is 4.92 Å². The van der Waals surface area contributed by atoms with Crippen molar-refractivity contribution in [3.63, 3.8) is 0 Å². The largest absolute Gasteiger partial charge is 0.380 e. The molecule has 0 heterocycles. The predicted octanol–water partition coefficient (Wildman–Crippen LogP) is 5.93. The second-order valence-electron chi connectivity index (χ2n) is 4.10. The van der Waals surface area contributed by atoms with Crippen molar-refractivity contribution in [2.45, 2.75) is 6.54 Å². The van der Waals surface area contributed by atoms with Crippen molar-refractivity contribution in [2.75, 3.05) is 5.32 Å². The van der Waals surface area contributed by atoms with Gasteiger partial charge >= 0.3 is 0 Å². The van der Waals surface area contributed by atoms with Gasteiger partial charge in [0.15, 0.2) is 0 Å². The van der Waals surface area contributed by atoms with Crippen molar-refractivity contribution in [3.05, 3.63) is 65.6 Å². The normalized spacial score (nSPS) is 10.5. The smallest absolute Gasteiger partial charge is 0.270 e. The maximum Gasteiger partial charge on any atom is 0.270 e. The van der Waals surface area contributed by atoms with Gasteiger partial charge in [0.25, 0.3) is 5.69 Å². The first-order chi connectivity index (χ1) is 9.90. The van der Waals surface area contributed by atoms with Crippen molar-refractivity contribution >= 4 is 62.1 Å². The van der Waals surface area contributed by atoms with Crippen LogP contribution in [0.1, 0.15) is 5.56 Å². The van der Waals surface area contributed by atoms with Gasteiger partial charge in [-0.2, -0.15) is 0 Å². The number of hydrogen-bond acceptors (Lipinski definition) is 3. The molecule has 1 N–H and O–H groups in total. The molecule has 0 bridgehead atoms. The van der Waals surface area contributed by atoms with Crippen molar-refractivity contribution in [1.29, 1.82) is 0 Å². The van der Waals surface area contributed by atoms with Gasteiger partial charge in [-0.15, -0.1) is 0 Å². The first-order valence-corrected chi connectivity index (χ1v) is 7.63. The van der Waals surface area contributed by atoms with E-state index in [-0.39, 0.29) is 5.69 Å². The summed E-state index contributed by atoms with van der Waals surface area (Å²) in [7, 11) is 0. The summed E-state index contributed by atoms with van der Waals surface area (Å²) in [4.78, 5) is 10.2.